The number of hydrogen-bond donors (Lipinski definition) is 0. The molecule has 0 nitrogen and oxygen atoms in total. The third-order valence-electron chi connectivity index (χ3n) is 2.86. The van der Waals surface area contributed by atoms with Crippen molar-refractivity contribution in [2.24, 2.45) is 0 Å². The molecule has 0 aromatic rings. The molecule has 0 rings (SSSR count). The molecule has 0 atom stereocenters. The minimum atomic E-state index is 1.33. The quantitative estimate of drug-likeness (QED) is 0.338. The van der Waals surface area contributed by atoms with Crippen LogP contribution in [0.15, 0.2) is 11.6 Å². The maximum Gasteiger partial charge on any atom is -0.0320 e. The first kappa shape index (κ1) is 13.7. The number of unbranched alkanes of at least 4 members (excludes halogenated alkanes) is 5. The molecule has 0 saturated carbocycles. The second-order valence-corrected chi connectivity index (χ2v) is 4.21. The largest absolute Gasteiger partial charge is 0.0885 e. The molecular formula is C14H28. The van der Waals surface area contributed by atoms with Crippen LogP contribution in [0.4, 0.5) is 0 Å². The molecule has 0 heteroatoms. The van der Waals surface area contributed by atoms with Crippen LogP contribution in [0.3, 0.4) is 0 Å². The van der Waals surface area contributed by atoms with Crippen molar-refractivity contribution < 1.29 is 0 Å². The SMILES string of the molecule is CC=C(CCCC)CCCCCCC. The lowest BCUT2D eigenvalue weighted by Crippen LogP contribution is -1.85. The van der Waals surface area contributed by atoms with Gasteiger partial charge in [0, 0.05) is 0 Å². The molecule has 0 unspecified atom stereocenters. The van der Waals surface area contributed by atoms with E-state index in [2.05, 4.69) is 26.8 Å². The second-order valence-electron chi connectivity index (χ2n) is 4.21. The fraction of sp³-hybridized carbons (Fsp3) is 0.857. The van der Waals surface area contributed by atoms with Crippen molar-refractivity contribution in [2.45, 2.75) is 78.6 Å². The fourth-order valence-corrected chi connectivity index (χ4v) is 1.77. The minimum Gasteiger partial charge on any atom is -0.0885 e. The molecule has 84 valence electrons. The van der Waals surface area contributed by atoms with E-state index in [1.165, 1.54) is 57.8 Å². The zero-order chi connectivity index (χ0) is 10.6. The molecule has 0 aliphatic carbocycles. The highest BCUT2D eigenvalue weighted by atomic mass is 14.0. The summed E-state index contributed by atoms with van der Waals surface area (Å²) >= 11 is 0. The Hall–Kier alpha value is -0.260. The van der Waals surface area contributed by atoms with Gasteiger partial charge in [-0.05, 0) is 32.6 Å². The first-order valence-electron chi connectivity index (χ1n) is 6.49. The zero-order valence-corrected chi connectivity index (χ0v) is 10.4. The summed E-state index contributed by atoms with van der Waals surface area (Å²) in [6.45, 7) is 6.74. The molecular weight excluding hydrogens is 168 g/mol. The molecule has 0 bridgehead atoms. The van der Waals surface area contributed by atoms with Gasteiger partial charge in [-0.25, -0.2) is 0 Å². The molecule has 0 saturated heterocycles. The first-order valence-corrected chi connectivity index (χ1v) is 6.49. The average molecular weight is 196 g/mol. The predicted molar refractivity (Wildman–Crippen MR) is 66.7 cm³/mol. The zero-order valence-electron chi connectivity index (χ0n) is 10.4. The predicted octanol–water partition coefficient (Wildman–Crippen LogP) is 5.48. The molecule has 0 fully saturated rings. The van der Waals surface area contributed by atoms with Crippen molar-refractivity contribution >= 4 is 0 Å². The van der Waals surface area contributed by atoms with Gasteiger partial charge in [-0.2, -0.15) is 0 Å². The van der Waals surface area contributed by atoms with Gasteiger partial charge in [-0.1, -0.05) is 57.6 Å². The highest BCUT2D eigenvalue weighted by molar-refractivity contribution is 4.99. The van der Waals surface area contributed by atoms with Crippen LogP contribution < -0.4 is 0 Å². The summed E-state index contributed by atoms with van der Waals surface area (Å²) in [7, 11) is 0. The van der Waals surface area contributed by atoms with Crippen LogP contribution in [0.25, 0.3) is 0 Å². The Balaban J connectivity index is 3.34. The fourth-order valence-electron chi connectivity index (χ4n) is 1.77. The minimum absolute atomic E-state index is 1.33. The van der Waals surface area contributed by atoms with Crippen molar-refractivity contribution in [2.75, 3.05) is 0 Å². The molecule has 0 spiro atoms. The summed E-state index contributed by atoms with van der Waals surface area (Å²) in [5.41, 5.74) is 1.68. The third-order valence-corrected chi connectivity index (χ3v) is 2.86. The van der Waals surface area contributed by atoms with E-state index in [1.54, 1.807) is 5.57 Å². The molecule has 0 N–H and O–H groups in total. The second kappa shape index (κ2) is 10.8. The van der Waals surface area contributed by atoms with Gasteiger partial charge < -0.3 is 0 Å². The van der Waals surface area contributed by atoms with Gasteiger partial charge in [-0.3, -0.25) is 0 Å². The van der Waals surface area contributed by atoms with E-state index in [0.717, 1.165) is 0 Å². The number of allylic oxidation sites excluding steroid dienone is 2. The molecule has 0 heterocycles. The summed E-state index contributed by atoms with van der Waals surface area (Å²) in [4.78, 5) is 0. The van der Waals surface area contributed by atoms with E-state index >= 15 is 0 Å². The molecule has 0 amide bonds. The van der Waals surface area contributed by atoms with Gasteiger partial charge in [0.2, 0.25) is 0 Å². The van der Waals surface area contributed by atoms with Crippen molar-refractivity contribution in [1.82, 2.24) is 0 Å². The van der Waals surface area contributed by atoms with Crippen molar-refractivity contribution in [3.63, 3.8) is 0 Å². The smallest absolute Gasteiger partial charge is 0.0320 e. The highest BCUT2D eigenvalue weighted by Gasteiger charge is 1.96. The molecule has 0 aliphatic rings. The van der Waals surface area contributed by atoms with E-state index in [0.29, 0.717) is 0 Å². The topological polar surface area (TPSA) is 0 Å². The van der Waals surface area contributed by atoms with Gasteiger partial charge in [0.25, 0.3) is 0 Å². The van der Waals surface area contributed by atoms with Crippen LogP contribution >= 0.6 is 0 Å². The lowest BCUT2D eigenvalue weighted by Gasteiger charge is -2.05. The Morgan fingerprint density at radius 3 is 1.93 bits per heavy atom. The summed E-state index contributed by atoms with van der Waals surface area (Å²) in [5.74, 6) is 0. The van der Waals surface area contributed by atoms with Crippen LogP contribution in [-0.2, 0) is 0 Å². The van der Waals surface area contributed by atoms with E-state index < -0.39 is 0 Å². The van der Waals surface area contributed by atoms with Crippen molar-refractivity contribution in [3.8, 4) is 0 Å². The van der Waals surface area contributed by atoms with Gasteiger partial charge in [0.05, 0.1) is 0 Å². The van der Waals surface area contributed by atoms with Gasteiger partial charge in [0.15, 0.2) is 0 Å². The van der Waals surface area contributed by atoms with Gasteiger partial charge in [0.1, 0.15) is 0 Å². The number of hydrogen-bond acceptors (Lipinski definition) is 0. The molecule has 0 aromatic heterocycles. The van der Waals surface area contributed by atoms with E-state index in [4.69, 9.17) is 0 Å². The molecule has 0 aliphatic heterocycles. The Kier molecular flexibility index (Phi) is 10.6. The Morgan fingerprint density at radius 1 is 0.786 bits per heavy atom. The van der Waals surface area contributed by atoms with Crippen molar-refractivity contribution in [3.05, 3.63) is 11.6 Å². The van der Waals surface area contributed by atoms with Gasteiger partial charge >= 0.3 is 0 Å². The Bertz CT molecular complexity index is 133. The average Bonchev–Trinajstić information content (AvgIpc) is 2.22. The summed E-state index contributed by atoms with van der Waals surface area (Å²) < 4.78 is 0. The van der Waals surface area contributed by atoms with E-state index in [-0.39, 0.29) is 0 Å². The van der Waals surface area contributed by atoms with Crippen LogP contribution in [0.5, 0.6) is 0 Å². The van der Waals surface area contributed by atoms with E-state index in [9.17, 15) is 0 Å². The van der Waals surface area contributed by atoms with Gasteiger partial charge in [-0.15, -0.1) is 0 Å². The van der Waals surface area contributed by atoms with Crippen LogP contribution in [0.1, 0.15) is 78.6 Å². The maximum atomic E-state index is 2.33. The Labute approximate surface area is 90.8 Å². The lowest BCUT2D eigenvalue weighted by atomic mass is 10.0. The lowest BCUT2D eigenvalue weighted by molar-refractivity contribution is 0.619. The van der Waals surface area contributed by atoms with Crippen LogP contribution in [-0.4, -0.2) is 0 Å². The normalized spacial score (nSPS) is 12.1. The Morgan fingerprint density at radius 2 is 1.36 bits per heavy atom. The first-order chi connectivity index (χ1) is 6.85. The van der Waals surface area contributed by atoms with Crippen LogP contribution in [0.2, 0.25) is 0 Å². The van der Waals surface area contributed by atoms with Crippen molar-refractivity contribution in [1.29, 1.82) is 0 Å². The molecule has 14 heavy (non-hydrogen) atoms. The highest BCUT2D eigenvalue weighted by Crippen LogP contribution is 2.16. The number of rotatable bonds is 9. The monoisotopic (exact) mass is 196 g/mol. The molecule has 0 radical (unpaired) electrons. The molecule has 0 aromatic carbocycles. The maximum absolute atomic E-state index is 2.33. The standard InChI is InChI=1S/C14H28/c1-4-7-9-10-11-13-14(6-3)12-8-5-2/h6H,4-5,7-13H2,1-3H3. The van der Waals surface area contributed by atoms with E-state index in [1.807, 2.05) is 0 Å². The third kappa shape index (κ3) is 8.34. The summed E-state index contributed by atoms with van der Waals surface area (Å²) in [6.07, 6.45) is 14.7. The van der Waals surface area contributed by atoms with Crippen LogP contribution in [0, 0.1) is 0 Å². The summed E-state index contributed by atoms with van der Waals surface area (Å²) in [5, 5.41) is 0. The summed E-state index contributed by atoms with van der Waals surface area (Å²) in [6, 6.07) is 0.